The highest BCUT2D eigenvalue weighted by molar-refractivity contribution is 6.01. The van der Waals surface area contributed by atoms with Crippen LogP contribution in [0.2, 0.25) is 0 Å². The number of rotatable bonds is 3. The Bertz CT molecular complexity index is 546. The fourth-order valence-electron chi connectivity index (χ4n) is 2.51. The van der Waals surface area contributed by atoms with E-state index in [1.165, 1.54) is 0 Å². The monoisotopic (exact) mass is 328 g/mol. The Hall–Kier alpha value is -2.28. The third-order valence-corrected chi connectivity index (χ3v) is 3.60. The van der Waals surface area contributed by atoms with E-state index in [0.717, 1.165) is 0 Å². The van der Waals surface area contributed by atoms with Gasteiger partial charge in [-0.3, -0.25) is 31.2 Å². The SMILES string of the molecule is CC(CN1CC(NO)=N/C(=N/O)C1)N1CC(NO)=N/C(=N/O)C1. The zero-order valence-corrected chi connectivity index (χ0v) is 12.6. The van der Waals surface area contributed by atoms with Crippen molar-refractivity contribution >= 4 is 23.3 Å². The number of hydrogen-bond acceptors (Lipinski definition) is 10. The molecule has 2 rings (SSSR count). The minimum Gasteiger partial charge on any atom is -0.409 e. The first-order valence-corrected chi connectivity index (χ1v) is 6.93. The van der Waals surface area contributed by atoms with Gasteiger partial charge in [-0.2, -0.15) is 0 Å². The molecule has 2 aliphatic rings. The predicted octanol–water partition coefficient (Wildman–Crippen LogP) is -1.66. The van der Waals surface area contributed by atoms with Crippen molar-refractivity contribution in [3.8, 4) is 0 Å². The molecule has 0 bridgehead atoms. The normalized spacial score (nSPS) is 25.2. The average molecular weight is 328 g/mol. The second-order valence-electron chi connectivity index (χ2n) is 5.30. The molecule has 0 saturated carbocycles. The van der Waals surface area contributed by atoms with E-state index in [4.69, 9.17) is 20.8 Å². The van der Waals surface area contributed by atoms with Gasteiger partial charge in [-0.05, 0) is 6.92 Å². The van der Waals surface area contributed by atoms with Crippen LogP contribution in [0.3, 0.4) is 0 Å². The van der Waals surface area contributed by atoms with Crippen molar-refractivity contribution in [2.24, 2.45) is 20.3 Å². The smallest absolute Gasteiger partial charge is 0.183 e. The molecule has 0 amide bonds. The molecule has 0 aromatic carbocycles. The molecule has 0 spiro atoms. The van der Waals surface area contributed by atoms with Gasteiger partial charge in [0.15, 0.2) is 11.7 Å². The van der Waals surface area contributed by atoms with Crippen LogP contribution < -0.4 is 11.0 Å². The molecule has 0 aromatic heterocycles. The minimum atomic E-state index is 0.00332. The van der Waals surface area contributed by atoms with Crippen molar-refractivity contribution < 1.29 is 20.8 Å². The lowest BCUT2D eigenvalue weighted by molar-refractivity contribution is 0.176. The quantitative estimate of drug-likeness (QED) is 0.265. The number of oxime groups is 2. The first kappa shape index (κ1) is 17.1. The lowest BCUT2D eigenvalue weighted by Crippen LogP contribution is -2.53. The van der Waals surface area contributed by atoms with Crippen molar-refractivity contribution in [3.63, 3.8) is 0 Å². The maximum absolute atomic E-state index is 9.01. The molecule has 0 saturated heterocycles. The molecule has 12 nitrogen and oxygen atoms in total. The maximum atomic E-state index is 9.01. The summed E-state index contributed by atoms with van der Waals surface area (Å²) in [5.41, 5.74) is 3.95. The summed E-state index contributed by atoms with van der Waals surface area (Å²) in [7, 11) is 0. The summed E-state index contributed by atoms with van der Waals surface area (Å²) >= 11 is 0. The second-order valence-corrected chi connectivity index (χ2v) is 5.30. The topological polar surface area (TPSA) is 161 Å². The highest BCUT2D eigenvalue weighted by Gasteiger charge is 2.27. The Balaban J connectivity index is 2.01. The molecule has 2 heterocycles. The molecule has 2 aliphatic heterocycles. The molecular formula is C11H20N8O4. The average Bonchev–Trinajstić information content (AvgIpc) is 2.60. The van der Waals surface area contributed by atoms with Crippen LogP contribution in [0.15, 0.2) is 20.3 Å². The molecule has 0 aromatic rings. The van der Waals surface area contributed by atoms with Gasteiger partial charge in [0.05, 0.1) is 26.2 Å². The third-order valence-electron chi connectivity index (χ3n) is 3.60. The fraction of sp³-hybridized carbons (Fsp3) is 0.636. The Morgan fingerprint density at radius 1 is 1.00 bits per heavy atom. The standard InChI is InChI=1S/C11H20N8O4/c1-7(19-5-10(16-22)13-11(6-19)17-23)2-18-3-8(14-20)12-9(4-18)15-21/h7,20-23H,2-6H2,1H3,(H,12,14,15)(H,13,16,17). The van der Waals surface area contributed by atoms with Crippen LogP contribution in [-0.2, 0) is 0 Å². The summed E-state index contributed by atoms with van der Waals surface area (Å²) in [5, 5.41) is 41.9. The van der Waals surface area contributed by atoms with Gasteiger partial charge in [-0.15, -0.1) is 0 Å². The molecule has 1 unspecified atom stereocenters. The summed E-state index contributed by atoms with van der Waals surface area (Å²) in [6.45, 7) is 3.93. The molecular weight excluding hydrogens is 308 g/mol. The van der Waals surface area contributed by atoms with E-state index < -0.39 is 0 Å². The number of hydrogen-bond donors (Lipinski definition) is 6. The van der Waals surface area contributed by atoms with Crippen LogP contribution in [0.1, 0.15) is 6.92 Å². The Kier molecular flexibility index (Phi) is 5.81. The lowest BCUT2D eigenvalue weighted by atomic mass is 10.2. The second kappa shape index (κ2) is 7.82. The van der Waals surface area contributed by atoms with Crippen molar-refractivity contribution in [1.82, 2.24) is 20.8 Å². The number of nitrogens with one attached hydrogen (secondary N) is 2. The highest BCUT2D eigenvalue weighted by Crippen LogP contribution is 2.09. The molecule has 6 N–H and O–H groups in total. The van der Waals surface area contributed by atoms with Gasteiger partial charge in [0.25, 0.3) is 0 Å². The first-order chi connectivity index (χ1) is 11.1. The van der Waals surface area contributed by atoms with Gasteiger partial charge in [-0.1, -0.05) is 10.3 Å². The minimum absolute atomic E-state index is 0.00332. The van der Waals surface area contributed by atoms with Gasteiger partial charge >= 0.3 is 0 Å². The highest BCUT2D eigenvalue weighted by atomic mass is 16.5. The van der Waals surface area contributed by atoms with Gasteiger partial charge in [0, 0.05) is 12.6 Å². The van der Waals surface area contributed by atoms with Gasteiger partial charge in [0.2, 0.25) is 0 Å². The number of aliphatic imine (C=N–C) groups is 2. The van der Waals surface area contributed by atoms with Crippen LogP contribution in [0.25, 0.3) is 0 Å². The van der Waals surface area contributed by atoms with Gasteiger partial charge in [0.1, 0.15) is 11.7 Å². The number of nitrogens with zero attached hydrogens (tertiary/aromatic N) is 6. The van der Waals surface area contributed by atoms with Crippen LogP contribution >= 0.6 is 0 Å². The molecule has 12 heteroatoms. The molecule has 1 atom stereocenters. The van der Waals surface area contributed by atoms with E-state index in [0.29, 0.717) is 32.7 Å². The van der Waals surface area contributed by atoms with E-state index >= 15 is 0 Å². The Morgan fingerprint density at radius 2 is 1.57 bits per heavy atom. The van der Waals surface area contributed by atoms with Crippen LogP contribution in [0.4, 0.5) is 0 Å². The van der Waals surface area contributed by atoms with Crippen LogP contribution in [0.5, 0.6) is 0 Å². The lowest BCUT2D eigenvalue weighted by Gasteiger charge is -2.35. The zero-order chi connectivity index (χ0) is 16.8. The van der Waals surface area contributed by atoms with E-state index in [-0.39, 0.29) is 29.4 Å². The van der Waals surface area contributed by atoms with E-state index in [9.17, 15) is 0 Å². The molecule has 0 fully saturated rings. The first-order valence-electron chi connectivity index (χ1n) is 6.93. The van der Waals surface area contributed by atoms with Gasteiger partial charge in [-0.25, -0.2) is 9.98 Å². The molecule has 0 radical (unpaired) electrons. The Morgan fingerprint density at radius 3 is 2.13 bits per heavy atom. The largest absolute Gasteiger partial charge is 0.409 e. The van der Waals surface area contributed by atoms with Crippen LogP contribution in [0, 0.1) is 0 Å². The molecule has 0 aliphatic carbocycles. The zero-order valence-electron chi connectivity index (χ0n) is 12.6. The van der Waals surface area contributed by atoms with Crippen molar-refractivity contribution in [2.45, 2.75) is 13.0 Å². The van der Waals surface area contributed by atoms with Gasteiger partial charge < -0.3 is 10.4 Å². The summed E-state index contributed by atoms with van der Waals surface area (Å²) in [6, 6.07) is 0.00332. The Labute approximate surface area is 132 Å². The molecule has 23 heavy (non-hydrogen) atoms. The third kappa shape index (κ3) is 4.35. The predicted molar refractivity (Wildman–Crippen MR) is 80.6 cm³/mol. The van der Waals surface area contributed by atoms with Crippen molar-refractivity contribution in [2.75, 3.05) is 32.7 Å². The maximum Gasteiger partial charge on any atom is 0.183 e. The van der Waals surface area contributed by atoms with E-state index in [2.05, 4.69) is 20.3 Å². The number of hydroxylamine groups is 2. The molecule has 128 valence electrons. The summed E-state index contributed by atoms with van der Waals surface area (Å²) in [6.07, 6.45) is 0. The summed E-state index contributed by atoms with van der Waals surface area (Å²) in [4.78, 5) is 11.7. The summed E-state index contributed by atoms with van der Waals surface area (Å²) in [5.74, 6) is 0.948. The van der Waals surface area contributed by atoms with Crippen molar-refractivity contribution in [3.05, 3.63) is 0 Å². The number of amidine groups is 4. The van der Waals surface area contributed by atoms with E-state index in [1.807, 2.05) is 27.7 Å². The van der Waals surface area contributed by atoms with Crippen molar-refractivity contribution in [1.29, 1.82) is 0 Å². The fourth-order valence-corrected chi connectivity index (χ4v) is 2.51. The van der Waals surface area contributed by atoms with Crippen LogP contribution in [-0.4, -0.2) is 92.7 Å². The van der Waals surface area contributed by atoms with E-state index in [1.54, 1.807) is 0 Å². The summed E-state index contributed by atoms with van der Waals surface area (Å²) < 4.78 is 0.